The molecule has 1 saturated carbocycles. The third-order valence-corrected chi connectivity index (χ3v) is 7.64. The molecular weight excluding hydrogens is 368 g/mol. The van der Waals surface area contributed by atoms with E-state index in [0.29, 0.717) is 19.5 Å². The number of hydrogen-bond acceptors (Lipinski definition) is 5. The van der Waals surface area contributed by atoms with E-state index in [1.54, 1.807) is 11.1 Å². The predicted octanol–water partition coefficient (Wildman–Crippen LogP) is 1.54. The Hall–Kier alpha value is -2.28. The topological polar surface area (TPSA) is 73.8 Å². The fourth-order valence-corrected chi connectivity index (χ4v) is 5.16. The van der Waals surface area contributed by atoms with Gasteiger partial charge in [-0.25, -0.2) is 0 Å². The number of nitrogens with zero attached hydrogens (tertiary/aromatic N) is 4. The number of carbonyl (C=O) groups is 3. The number of piperidine rings is 1. The lowest BCUT2D eigenvalue weighted by molar-refractivity contribution is -0.170. The van der Waals surface area contributed by atoms with Crippen LogP contribution in [0, 0.1) is 16.7 Å². The zero-order valence-corrected chi connectivity index (χ0v) is 17.6. The molecule has 1 aliphatic carbocycles. The molecule has 1 aromatic heterocycles. The average Bonchev–Trinajstić information content (AvgIpc) is 2.90. The third-order valence-electron chi connectivity index (χ3n) is 7.64. The number of likely N-dealkylation sites (tertiary alicyclic amines) is 1. The number of aromatic nitrogens is 1. The average molecular weight is 399 g/mol. The molecule has 0 spiro atoms. The van der Waals surface area contributed by atoms with E-state index in [9.17, 15) is 14.4 Å². The quantitative estimate of drug-likeness (QED) is 0.720. The summed E-state index contributed by atoms with van der Waals surface area (Å²) in [6.07, 6.45) is 3.23. The lowest BCUT2D eigenvalue weighted by atomic mass is 9.62. The Morgan fingerprint density at radius 1 is 1.14 bits per heavy atom. The number of amides is 3. The molecule has 0 radical (unpaired) electrons. The van der Waals surface area contributed by atoms with Gasteiger partial charge in [-0.15, -0.1) is 0 Å². The predicted molar refractivity (Wildman–Crippen MR) is 107 cm³/mol. The highest BCUT2D eigenvalue weighted by Gasteiger charge is 2.64. The van der Waals surface area contributed by atoms with E-state index < -0.39 is 5.41 Å². The minimum absolute atomic E-state index is 0.125. The molecule has 3 heterocycles. The Labute approximate surface area is 172 Å². The van der Waals surface area contributed by atoms with Gasteiger partial charge in [-0.1, -0.05) is 26.8 Å². The molecule has 2 saturated heterocycles. The van der Waals surface area contributed by atoms with Crippen LogP contribution in [0.2, 0.25) is 0 Å². The fraction of sp³-hybridized carbons (Fsp3) is 0.636. The Kier molecular flexibility index (Phi) is 4.97. The van der Waals surface area contributed by atoms with Crippen LogP contribution in [0.3, 0.4) is 0 Å². The SMILES string of the molecule is CC1(C)[C@@H]2CC[C@]1(C)C(=O)N(CC(=O)N1CCN(Cc3ccccn3)CC1)C2=O. The fourth-order valence-electron chi connectivity index (χ4n) is 5.16. The Morgan fingerprint density at radius 2 is 1.86 bits per heavy atom. The van der Waals surface area contributed by atoms with E-state index in [4.69, 9.17) is 0 Å². The molecule has 2 bridgehead atoms. The van der Waals surface area contributed by atoms with E-state index >= 15 is 0 Å². The molecule has 7 nitrogen and oxygen atoms in total. The van der Waals surface area contributed by atoms with Crippen molar-refractivity contribution in [1.82, 2.24) is 19.7 Å². The van der Waals surface area contributed by atoms with Crippen LogP contribution in [0.25, 0.3) is 0 Å². The van der Waals surface area contributed by atoms with Crippen LogP contribution in [0.5, 0.6) is 0 Å². The lowest BCUT2D eigenvalue weighted by Gasteiger charge is -2.47. The van der Waals surface area contributed by atoms with Crippen LogP contribution >= 0.6 is 0 Å². The maximum atomic E-state index is 13.1. The normalized spacial score (nSPS) is 29.4. The summed E-state index contributed by atoms with van der Waals surface area (Å²) in [7, 11) is 0. The molecular formula is C22H30N4O3. The van der Waals surface area contributed by atoms with Crippen molar-refractivity contribution < 1.29 is 14.4 Å². The summed E-state index contributed by atoms with van der Waals surface area (Å²) in [4.78, 5) is 48.6. The number of rotatable bonds is 4. The van der Waals surface area contributed by atoms with Crippen molar-refractivity contribution in [2.75, 3.05) is 32.7 Å². The molecule has 2 atom stereocenters. The first-order chi connectivity index (χ1) is 13.7. The number of fused-ring (bicyclic) bond motifs is 2. The van der Waals surface area contributed by atoms with Crippen LogP contribution in [-0.2, 0) is 20.9 Å². The zero-order valence-electron chi connectivity index (χ0n) is 17.6. The van der Waals surface area contributed by atoms with Crippen molar-refractivity contribution in [3.63, 3.8) is 0 Å². The van der Waals surface area contributed by atoms with Gasteiger partial charge in [-0.2, -0.15) is 0 Å². The smallest absolute Gasteiger partial charge is 0.242 e. The van der Waals surface area contributed by atoms with E-state index in [1.165, 1.54) is 4.90 Å². The van der Waals surface area contributed by atoms with E-state index in [2.05, 4.69) is 9.88 Å². The number of hydrogen-bond donors (Lipinski definition) is 0. The second kappa shape index (κ2) is 7.20. The molecule has 0 unspecified atom stereocenters. The van der Waals surface area contributed by atoms with Gasteiger partial charge in [0.05, 0.1) is 11.1 Å². The summed E-state index contributed by atoms with van der Waals surface area (Å²) in [6.45, 7) is 9.36. The van der Waals surface area contributed by atoms with Gasteiger partial charge in [0, 0.05) is 44.8 Å². The Morgan fingerprint density at radius 3 is 2.52 bits per heavy atom. The van der Waals surface area contributed by atoms with E-state index in [-0.39, 0.29) is 35.6 Å². The van der Waals surface area contributed by atoms with Crippen molar-refractivity contribution >= 4 is 17.7 Å². The molecule has 7 heteroatoms. The van der Waals surface area contributed by atoms with Gasteiger partial charge in [0.25, 0.3) is 0 Å². The molecule has 2 aliphatic heterocycles. The highest BCUT2D eigenvalue weighted by molar-refractivity contribution is 6.06. The molecule has 0 N–H and O–H groups in total. The number of carbonyl (C=O) groups excluding carboxylic acids is 3. The van der Waals surface area contributed by atoms with Crippen molar-refractivity contribution in [2.45, 2.75) is 40.2 Å². The third kappa shape index (κ3) is 3.25. The van der Waals surface area contributed by atoms with E-state index in [1.807, 2.05) is 39.0 Å². The van der Waals surface area contributed by atoms with Gasteiger partial charge >= 0.3 is 0 Å². The highest BCUT2D eigenvalue weighted by atomic mass is 16.2. The minimum atomic E-state index is -0.562. The van der Waals surface area contributed by atoms with Crippen molar-refractivity contribution in [1.29, 1.82) is 0 Å². The van der Waals surface area contributed by atoms with Crippen LogP contribution in [-0.4, -0.2) is 70.1 Å². The zero-order chi connectivity index (χ0) is 20.8. The molecule has 4 rings (SSSR count). The van der Waals surface area contributed by atoms with Crippen LogP contribution in [0.4, 0.5) is 0 Å². The standard InChI is InChI=1S/C22H30N4O3/c1-21(2)17-7-8-22(21,3)20(29)26(19(17)28)15-18(27)25-12-10-24(11-13-25)14-16-6-4-5-9-23-16/h4-6,9,17H,7-8,10-15H2,1-3H3/t17-,22-/m1/s1. The summed E-state index contributed by atoms with van der Waals surface area (Å²) in [6, 6.07) is 5.88. The highest BCUT2D eigenvalue weighted by Crippen LogP contribution is 2.59. The maximum absolute atomic E-state index is 13.1. The lowest BCUT2D eigenvalue weighted by Crippen LogP contribution is -2.61. The van der Waals surface area contributed by atoms with Crippen molar-refractivity contribution in [3.8, 4) is 0 Å². The molecule has 3 aliphatic rings. The molecule has 156 valence electrons. The van der Waals surface area contributed by atoms with Gasteiger partial charge in [-0.3, -0.25) is 29.2 Å². The molecule has 29 heavy (non-hydrogen) atoms. The van der Waals surface area contributed by atoms with Gasteiger partial charge in [-0.05, 0) is 30.4 Å². The summed E-state index contributed by atoms with van der Waals surface area (Å²) >= 11 is 0. The van der Waals surface area contributed by atoms with Crippen LogP contribution in [0.15, 0.2) is 24.4 Å². The molecule has 1 aromatic rings. The van der Waals surface area contributed by atoms with Crippen molar-refractivity contribution in [2.24, 2.45) is 16.7 Å². The van der Waals surface area contributed by atoms with Gasteiger partial charge < -0.3 is 4.90 Å². The van der Waals surface area contributed by atoms with E-state index in [0.717, 1.165) is 31.7 Å². The Bertz CT molecular complexity index is 817. The molecule has 0 aromatic carbocycles. The second-order valence-corrected chi connectivity index (χ2v) is 9.35. The summed E-state index contributed by atoms with van der Waals surface area (Å²) in [5.41, 5.74) is 0.105. The van der Waals surface area contributed by atoms with Crippen LogP contribution in [0.1, 0.15) is 39.3 Å². The monoisotopic (exact) mass is 398 g/mol. The number of pyridine rings is 1. The van der Waals surface area contributed by atoms with Gasteiger partial charge in [0.1, 0.15) is 6.54 Å². The molecule has 3 fully saturated rings. The summed E-state index contributed by atoms with van der Waals surface area (Å²) in [5, 5.41) is 0. The largest absolute Gasteiger partial charge is 0.339 e. The second-order valence-electron chi connectivity index (χ2n) is 9.35. The van der Waals surface area contributed by atoms with Crippen LogP contribution < -0.4 is 0 Å². The maximum Gasteiger partial charge on any atom is 0.242 e. The van der Waals surface area contributed by atoms with Crippen molar-refractivity contribution in [3.05, 3.63) is 30.1 Å². The number of imide groups is 1. The summed E-state index contributed by atoms with van der Waals surface area (Å²) in [5.74, 6) is -0.652. The first kappa shape index (κ1) is 20.0. The van der Waals surface area contributed by atoms with Gasteiger partial charge in [0.2, 0.25) is 17.7 Å². The first-order valence-corrected chi connectivity index (χ1v) is 10.5. The molecule has 3 amide bonds. The minimum Gasteiger partial charge on any atom is -0.339 e. The summed E-state index contributed by atoms with van der Waals surface area (Å²) < 4.78 is 0. The number of piperazine rings is 1. The first-order valence-electron chi connectivity index (χ1n) is 10.5. The van der Waals surface area contributed by atoms with Gasteiger partial charge in [0.15, 0.2) is 0 Å². The Balaban J connectivity index is 1.36.